The van der Waals surface area contributed by atoms with Crippen molar-refractivity contribution in [2.45, 2.75) is 6.92 Å². The molecule has 0 aliphatic heterocycles. The van der Waals surface area contributed by atoms with Crippen LogP contribution in [0.2, 0.25) is 0 Å². The van der Waals surface area contributed by atoms with Gasteiger partial charge in [-0.1, -0.05) is 6.07 Å². The summed E-state index contributed by atoms with van der Waals surface area (Å²) >= 11 is 0. The normalized spacial score (nSPS) is 10.1. The Hall–Kier alpha value is -1.97. The molecule has 4 nitrogen and oxygen atoms in total. The van der Waals surface area contributed by atoms with Gasteiger partial charge in [0.25, 0.3) is 0 Å². The van der Waals surface area contributed by atoms with E-state index in [9.17, 15) is 0 Å². The summed E-state index contributed by atoms with van der Waals surface area (Å²) < 4.78 is 0. The monoisotopic (exact) mass is 186 g/mol. The Kier molecular flexibility index (Phi) is 2.10. The molecule has 0 saturated carbocycles. The zero-order chi connectivity index (χ0) is 9.97. The molecule has 0 aliphatic carbocycles. The van der Waals surface area contributed by atoms with Gasteiger partial charge in [-0.25, -0.2) is 9.97 Å². The number of hydrogen-bond acceptors (Lipinski definition) is 4. The molecular formula is C10H10N4. The van der Waals surface area contributed by atoms with Crippen molar-refractivity contribution in [1.82, 2.24) is 15.0 Å². The van der Waals surface area contributed by atoms with Crippen molar-refractivity contribution in [3.05, 3.63) is 36.3 Å². The molecule has 0 atom stereocenters. The number of rotatable bonds is 1. The summed E-state index contributed by atoms with van der Waals surface area (Å²) in [5, 5.41) is 0. The number of hydrogen-bond donors (Lipinski definition) is 1. The number of anilines is 1. The van der Waals surface area contributed by atoms with Crippen molar-refractivity contribution in [2.24, 2.45) is 0 Å². The van der Waals surface area contributed by atoms with Crippen molar-refractivity contribution in [3.63, 3.8) is 0 Å². The third-order valence-electron chi connectivity index (χ3n) is 1.91. The molecule has 0 saturated heterocycles. The summed E-state index contributed by atoms with van der Waals surface area (Å²) in [5.74, 6) is 0.609. The number of pyridine rings is 1. The molecule has 70 valence electrons. The first-order valence-electron chi connectivity index (χ1n) is 4.28. The fourth-order valence-electron chi connectivity index (χ4n) is 1.09. The largest absolute Gasteiger partial charge is 0.396 e. The SMILES string of the molecule is Cc1nc(-c2ccccn2)ncc1N. The Morgan fingerprint density at radius 3 is 2.71 bits per heavy atom. The summed E-state index contributed by atoms with van der Waals surface area (Å²) in [6.45, 7) is 1.85. The molecule has 0 radical (unpaired) electrons. The predicted molar refractivity (Wildman–Crippen MR) is 54.4 cm³/mol. The Labute approximate surface area is 81.9 Å². The van der Waals surface area contributed by atoms with Crippen LogP contribution in [-0.2, 0) is 0 Å². The fourth-order valence-corrected chi connectivity index (χ4v) is 1.09. The van der Waals surface area contributed by atoms with Crippen molar-refractivity contribution in [3.8, 4) is 11.5 Å². The molecule has 0 amide bonds. The van der Waals surface area contributed by atoms with Crippen LogP contribution < -0.4 is 5.73 Å². The summed E-state index contributed by atoms with van der Waals surface area (Å²) in [6, 6.07) is 5.62. The van der Waals surface area contributed by atoms with Gasteiger partial charge in [0.15, 0.2) is 5.82 Å². The minimum absolute atomic E-state index is 0.602. The maximum atomic E-state index is 5.62. The highest BCUT2D eigenvalue weighted by Crippen LogP contribution is 2.13. The molecule has 4 heteroatoms. The second kappa shape index (κ2) is 3.41. The lowest BCUT2D eigenvalue weighted by Gasteiger charge is -2.01. The second-order valence-corrected chi connectivity index (χ2v) is 2.95. The first kappa shape index (κ1) is 8.62. The van der Waals surface area contributed by atoms with Crippen LogP contribution in [0, 0.1) is 6.92 Å². The van der Waals surface area contributed by atoms with Crippen LogP contribution in [0.3, 0.4) is 0 Å². The Balaban J connectivity index is 2.48. The predicted octanol–water partition coefficient (Wildman–Crippen LogP) is 1.43. The summed E-state index contributed by atoms with van der Waals surface area (Å²) in [4.78, 5) is 12.5. The van der Waals surface area contributed by atoms with Gasteiger partial charge in [-0.3, -0.25) is 4.98 Å². The summed E-state index contributed by atoms with van der Waals surface area (Å²) in [6.07, 6.45) is 3.32. The Morgan fingerprint density at radius 1 is 1.21 bits per heavy atom. The van der Waals surface area contributed by atoms with Crippen LogP contribution >= 0.6 is 0 Å². The molecule has 0 unspecified atom stereocenters. The molecule has 0 aromatic carbocycles. The van der Waals surface area contributed by atoms with Crippen LogP contribution in [0.25, 0.3) is 11.5 Å². The van der Waals surface area contributed by atoms with E-state index in [-0.39, 0.29) is 0 Å². The zero-order valence-corrected chi connectivity index (χ0v) is 7.81. The van der Waals surface area contributed by atoms with E-state index in [1.165, 1.54) is 0 Å². The molecular weight excluding hydrogens is 176 g/mol. The minimum atomic E-state index is 0.602. The van der Waals surface area contributed by atoms with E-state index in [0.29, 0.717) is 11.5 Å². The molecule has 14 heavy (non-hydrogen) atoms. The van der Waals surface area contributed by atoms with Gasteiger partial charge >= 0.3 is 0 Å². The highest BCUT2D eigenvalue weighted by Gasteiger charge is 2.03. The Morgan fingerprint density at radius 2 is 2.07 bits per heavy atom. The van der Waals surface area contributed by atoms with Crippen molar-refractivity contribution < 1.29 is 0 Å². The zero-order valence-electron chi connectivity index (χ0n) is 7.81. The smallest absolute Gasteiger partial charge is 0.178 e. The number of nitrogens with zero attached hydrogens (tertiary/aromatic N) is 3. The lowest BCUT2D eigenvalue weighted by Crippen LogP contribution is -1.98. The van der Waals surface area contributed by atoms with E-state index in [0.717, 1.165) is 11.4 Å². The van der Waals surface area contributed by atoms with Crippen molar-refractivity contribution in [2.75, 3.05) is 5.73 Å². The number of nitrogens with two attached hydrogens (primary N) is 1. The van der Waals surface area contributed by atoms with Crippen LogP contribution in [0.1, 0.15) is 5.69 Å². The highest BCUT2D eigenvalue weighted by atomic mass is 14.9. The van der Waals surface area contributed by atoms with Gasteiger partial charge in [-0.2, -0.15) is 0 Å². The van der Waals surface area contributed by atoms with E-state index < -0.39 is 0 Å². The van der Waals surface area contributed by atoms with Crippen molar-refractivity contribution in [1.29, 1.82) is 0 Å². The van der Waals surface area contributed by atoms with Crippen LogP contribution in [-0.4, -0.2) is 15.0 Å². The van der Waals surface area contributed by atoms with Crippen molar-refractivity contribution >= 4 is 5.69 Å². The lowest BCUT2D eigenvalue weighted by molar-refractivity contribution is 1.09. The maximum absolute atomic E-state index is 5.62. The quantitative estimate of drug-likeness (QED) is 0.731. The molecule has 0 aliphatic rings. The molecule has 2 aromatic heterocycles. The van der Waals surface area contributed by atoms with Gasteiger partial charge < -0.3 is 5.73 Å². The lowest BCUT2D eigenvalue weighted by atomic mass is 10.3. The first-order valence-corrected chi connectivity index (χ1v) is 4.28. The van der Waals surface area contributed by atoms with Crippen LogP contribution in [0.4, 0.5) is 5.69 Å². The highest BCUT2D eigenvalue weighted by molar-refractivity contribution is 5.52. The molecule has 0 bridgehead atoms. The van der Waals surface area contributed by atoms with Gasteiger partial charge in [-0.15, -0.1) is 0 Å². The number of nitrogen functional groups attached to an aromatic ring is 1. The van der Waals surface area contributed by atoms with Gasteiger partial charge in [0.05, 0.1) is 17.6 Å². The number of aryl methyl sites for hydroxylation is 1. The third kappa shape index (κ3) is 1.54. The first-order chi connectivity index (χ1) is 6.77. The van der Waals surface area contributed by atoms with Gasteiger partial charge in [0.1, 0.15) is 5.69 Å². The average molecular weight is 186 g/mol. The van der Waals surface area contributed by atoms with E-state index in [2.05, 4.69) is 15.0 Å². The average Bonchev–Trinajstić information content (AvgIpc) is 2.23. The topological polar surface area (TPSA) is 64.7 Å². The fraction of sp³-hybridized carbons (Fsp3) is 0.100. The summed E-state index contributed by atoms with van der Waals surface area (Å²) in [5.41, 5.74) is 7.76. The van der Waals surface area contributed by atoms with Crippen LogP contribution in [0.15, 0.2) is 30.6 Å². The van der Waals surface area contributed by atoms with E-state index >= 15 is 0 Å². The third-order valence-corrected chi connectivity index (χ3v) is 1.91. The van der Waals surface area contributed by atoms with Gasteiger partial charge in [0, 0.05) is 6.20 Å². The van der Waals surface area contributed by atoms with Gasteiger partial charge in [-0.05, 0) is 19.1 Å². The molecule has 0 fully saturated rings. The standard InChI is InChI=1S/C10H10N4/c1-7-8(11)6-13-10(14-7)9-4-2-3-5-12-9/h2-6H,11H2,1H3. The Bertz CT molecular complexity index is 439. The van der Waals surface area contributed by atoms with E-state index in [1.807, 2.05) is 25.1 Å². The molecule has 2 heterocycles. The maximum Gasteiger partial charge on any atom is 0.178 e. The van der Waals surface area contributed by atoms with Gasteiger partial charge in [0.2, 0.25) is 0 Å². The summed E-state index contributed by atoms with van der Waals surface area (Å²) in [7, 11) is 0. The minimum Gasteiger partial charge on any atom is -0.396 e. The van der Waals surface area contributed by atoms with E-state index in [4.69, 9.17) is 5.73 Å². The number of aromatic nitrogens is 3. The van der Waals surface area contributed by atoms with E-state index in [1.54, 1.807) is 12.4 Å². The molecule has 0 spiro atoms. The second-order valence-electron chi connectivity index (χ2n) is 2.95. The molecule has 2 rings (SSSR count). The molecule has 2 N–H and O–H groups in total. The molecule has 2 aromatic rings. The van der Waals surface area contributed by atoms with Crippen LogP contribution in [0.5, 0.6) is 0 Å².